The molecule has 0 spiro atoms. The Kier molecular flexibility index (Phi) is 8.72. The van der Waals surface area contributed by atoms with E-state index >= 15 is 0 Å². The molecule has 5 rings (SSSR count). The monoisotopic (exact) mass is 581 g/mol. The largest absolute Gasteiger partial charge is 0.416 e. The highest BCUT2D eigenvalue weighted by Crippen LogP contribution is 2.33. The second kappa shape index (κ2) is 11.9. The number of fused-ring (bicyclic) bond motifs is 1. The molecule has 0 amide bonds. The van der Waals surface area contributed by atoms with Crippen LogP contribution < -0.4 is 0 Å². The van der Waals surface area contributed by atoms with Crippen molar-refractivity contribution in [2.24, 2.45) is 0 Å². The molecule has 3 aliphatic rings. The van der Waals surface area contributed by atoms with E-state index < -0.39 is 32.7 Å². The Labute approximate surface area is 234 Å². The molecule has 2 fully saturated rings. The van der Waals surface area contributed by atoms with Gasteiger partial charge in [0.1, 0.15) is 0 Å². The van der Waals surface area contributed by atoms with Crippen LogP contribution in [-0.2, 0) is 40.5 Å². The van der Waals surface area contributed by atoms with E-state index in [9.17, 15) is 26.4 Å². The zero-order chi connectivity index (χ0) is 28.5. The van der Waals surface area contributed by atoms with Gasteiger partial charge < -0.3 is 14.4 Å². The lowest BCUT2D eigenvalue weighted by molar-refractivity contribution is -0.137. The predicted molar refractivity (Wildman–Crippen MR) is 145 cm³/mol. The van der Waals surface area contributed by atoms with Crippen LogP contribution in [0.5, 0.6) is 0 Å². The molecule has 3 aliphatic heterocycles. The maximum Gasteiger partial charge on any atom is 0.416 e. The van der Waals surface area contributed by atoms with Crippen LogP contribution in [0, 0.1) is 0 Å². The van der Waals surface area contributed by atoms with E-state index in [2.05, 4.69) is 33.5 Å². The molecule has 0 bridgehead atoms. The van der Waals surface area contributed by atoms with Gasteiger partial charge in [0, 0.05) is 76.7 Å². The predicted octanol–water partition coefficient (Wildman–Crippen LogP) is 2.92. The molecule has 0 saturated carbocycles. The quantitative estimate of drug-likeness (QED) is 0.478. The molecule has 4 heterocycles. The minimum atomic E-state index is -4.65. The van der Waals surface area contributed by atoms with Gasteiger partial charge >= 0.3 is 6.18 Å². The molecular formula is C28H38F3N5O3S. The molecule has 12 heteroatoms. The third-order valence-electron chi connectivity index (χ3n) is 8.44. The lowest BCUT2D eigenvalue weighted by Gasteiger charge is -2.36. The van der Waals surface area contributed by atoms with Crippen LogP contribution in [0.15, 0.2) is 41.3 Å². The van der Waals surface area contributed by atoms with Gasteiger partial charge in [0.05, 0.1) is 23.0 Å². The number of hydrogen-bond acceptors (Lipinski definition) is 6. The number of rotatable bonds is 8. The first-order valence-corrected chi connectivity index (χ1v) is 15.5. The number of ketones is 1. The van der Waals surface area contributed by atoms with E-state index in [1.54, 1.807) is 0 Å². The summed E-state index contributed by atoms with van der Waals surface area (Å²) in [5.74, 6) is -0.203. The smallest absolute Gasteiger partial charge is 0.346 e. The lowest BCUT2D eigenvalue weighted by Crippen LogP contribution is -2.51. The van der Waals surface area contributed by atoms with E-state index in [-0.39, 0.29) is 18.9 Å². The number of likely N-dealkylation sites (N-methyl/N-ethyl adjacent to an activating group) is 1. The number of sulfonamides is 1. The van der Waals surface area contributed by atoms with Crippen molar-refractivity contribution < 1.29 is 26.4 Å². The summed E-state index contributed by atoms with van der Waals surface area (Å²) in [5, 5.41) is 0. The van der Waals surface area contributed by atoms with Gasteiger partial charge in [-0.25, -0.2) is 8.42 Å². The number of piperidine rings is 1. The fraction of sp³-hybridized carbons (Fsp3) is 0.607. The first-order chi connectivity index (χ1) is 19.0. The average Bonchev–Trinajstić information content (AvgIpc) is 3.34. The molecule has 40 heavy (non-hydrogen) atoms. The van der Waals surface area contributed by atoms with Gasteiger partial charge in [-0.05, 0) is 50.2 Å². The van der Waals surface area contributed by atoms with Gasteiger partial charge in [-0.3, -0.25) is 9.69 Å². The van der Waals surface area contributed by atoms with Crippen molar-refractivity contribution in [3.63, 3.8) is 0 Å². The zero-order valence-corrected chi connectivity index (χ0v) is 23.8. The number of nitrogens with zero attached hydrogens (tertiary/aromatic N) is 5. The minimum Gasteiger partial charge on any atom is -0.346 e. The van der Waals surface area contributed by atoms with Crippen LogP contribution in [-0.4, -0.2) is 103 Å². The average molecular weight is 582 g/mol. The fourth-order valence-corrected chi connectivity index (χ4v) is 7.76. The van der Waals surface area contributed by atoms with Gasteiger partial charge in [-0.2, -0.15) is 17.5 Å². The SMILES string of the molecule is CN1CCN(CCc2ccc3n2CCN(CC(=O)C2CCCCN2S(=O)(=O)c2cccc(C(F)(F)F)c2)C3)CC1. The summed E-state index contributed by atoms with van der Waals surface area (Å²) < 4.78 is 70.0. The highest BCUT2D eigenvalue weighted by Gasteiger charge is 2.39. The van der Waals surface area contributed by atoms with Crippen LogP contribution >= 0.6 is 0 Å². The number of halogens is 3. The number of benzene rings is 1. The Morgan fingerprint density at radius 3 is 2.45 bits per heavy atom. The third-order valence-corrected chi connectivity index (χ3v) is 10.3. The maximum atomic E-state index is 13.5. The summed E-state index contributed by atoms with van der Waals surface area (Å²) in [6, 6.07) is 7.18. The number of hydrogen-bond donors (Lipinski definition) is 0. The van der Waals surface area contributed by atoms with Crippen molar-refractivity contribution in [2.45, 2.75) is 55.9 Å². The number of carbonyl (C=O) groups is 1. The Morgan fingerprint density at radius 1 is 0.950 bits per heavy atom. The van der Waals surface area contributed by atoms with E-state index in [4.69, 9.17) is 0 Å². The highest BCUT2D eigenvalue weighted by molar-refractivity contribution is 7.89. The van der Waals surface area contributed by atoms with Gasteiger partial charge in [0.25, 0.3) is 0 Å². The fourth-order valence-electron chi connectivity index (χ4n) is 6.04. The Balaban J connectivity index is 1.22. The van der Waals surface area contributed by atoms with Crippen molar-refractivity contribution >= 4 is 15.8 Å². The number of carbonyl (C=O) groups excluding carboxylic acids is 1. The van der Waals surface area contributed by atoms with Gasteiger partial charge in [0.15, 0.2) is 5.78 Å². The van der Waals surface area contributed by atoms with Crippen molar-refractivity contribution in [2.75, 3.05) is 59.4 Å². The summed E-state index contributed by atoms with van der Waals surface area (Å²) in [6.07, 6.45) is -2.04. The van der Waals surface area contributed by atoms with E-state index in [0.29, 0.717) is 38.4 Å². The normalized spacial score (nSPS) is 22.4. The van der Waals surface area contributed by atoms with Crippen LogP contribution in [0.3, 0.4) is 0 Å². The summed E-state index contributed by atoms with van der Waals surface area (Å²) in [6.45, 7) is 7.67. The molecule has 0 radical (unpaired) electrons. The van der Waals surface area contributed by atoms with Crippen LogP contribution in [0.25, 0.3) is 0 Å². The van der Waals surface area contributed by atoms with Gasteiger partial charge in [-0.15, -0.1) is 0 Å². The first-order valence-electron chi connectivity index (χ1n) is 14.0. The van der Waals surface area contributed by atoms with Crippen molar-refractivity contribution in [1.82, 2.24) is 23.6 Å². The van der Waals surface area contributed by atoms with Gasteiger partial charge in [-0.1, -0.05) is 12.5 Å². The highest BCUT2D eigenvalue weighted by atomic mass is 32.2. The Hall–Kier alpha value is -2.25. The summed E-state index contributed by atoms with van der Waals surface area (Å²) >= 11 is 0. The molecule has 1 aromatic heterocycles. The lowest BCUT2D eigenvalue weighted by atomic mass is 10.0. The number of Topliss-reactive ketones (excluding diaryl/α,β-unsaturated/α-hetero) is 1. The summed E-state index contributed by atoms with van der Waals surface area (Å²) in [4.78, 5) is 19.9. The molecule has 1 atom stereocenters. The van der Waals surface area contributed by atoms with E-state index in [1.165, 1.54) is 11.8 Å². The van der Waals surface area contributed by atoms with E-state index in [1.807, 2.05) is 4.90 Å². The second-order valence-electron chi connectivity index (χ2n) is 11.2. The molecule has 2 aromatic rings. The second-order valence-corrected chi connectivity index (χ2v) is 13.1. The first kappa shape index (κ1) is 29.2. The number of piperazine rings is 1. The standard InChI is InChI=1S/C28H38F3N5O3S/c1-32-13-15-33(16-14-32)12-10-23-8-9-24-20-34(17-18-35(23)24)21-27(37)26-7-2-3-11-36(26)40(38,39)25-6-4-5-22(19-25)28(29,30)31/h4-6,8-9,19,26H,2-3,7,10-18,20-21H2,1H3. The third kappa shape index (κ3) is 6.46. The van der Waals surface area contributed by atoms with Gasteiger partial charge in [0.2, 0.25) is 10.0 Å². The summed E-state index contributed by atoms with van der Waals surface area (Å²) in [7, 11) is -2.11. The van der Waals surface area contributed by atoms with E-state index in [0.717, 1.165) is 67.8 Å². The number of alkyl halides is 3. The van der Waals surface area contributed by atoms with Crippen molar-refractivity contribution in [3.05, 3.63) is 53.3 Å². The van der Waals surface area contributed by atoms with Crippen LogP contribution in [0.2, 0.25) is 0 Å². The Bertz CT molecular complexity index is 1300. The van der Waals surface area contributed by atoms with Crippen LogP contribution in [0.4, 0.5) is 13.2 Å². The maximum absolute atomic E-state index is 13.5. The molecule has 1 aromatic carbocycles. The van der Waals surface area contributed by atoms with Crippen molar-refractivity contribution in [1.29, 1.82) is 0 Å². The molecule has 1 unspecified atom stereocenters. The topological polar surface area (TPSA) is 69.1 Å². The minimum absolute atomic E-state index is 0.112. The molecule has 8 nitrogen and oxygen atoms in total. The molecular weight excluding hydrogens is 543 g/mol. The Morgan fingerprint density at radius 2 is 1.70 bits per heavy atom. The zero-order valence-electron chi connectivity index (χ0n) is 22.9. The molecule has 2 saturated heterocycles. The van der Waals surface area contributed by atoms with Crippen molar-refractivity contribution in [3.8, 4) is 0 Å². The summed E-state index contributed by atoms with van der Waals surface area (Å²) in [5.41, 5.74) is 1.42. The van der Waals surface area contributed by atoms with Crippen LogP contribution in [0.1, 0.15) is 36.2 Å². The molecule has 0 N–H and O–H groups in total. The molecule has 0 aliphatic carbocycles. The number of aromatic nitrogens is 1. The molecule has 220 valence electrons.